The molecule has 2 heterocycles. The standard InChI is InChI=1S/C18H11FN2O2/c19-11-5-3-4-10(8-11)16-17-13(9-15(21-16)18(22)23)12-6-1-2-7-14(12)20-17/h1-9,20H,(H,22,23). The molecule has 0 bridgehead atoms. The Bertz CT molecular complexity index is 1070. The topological polar surface area (TPSA) is 66.0 Å². The van der Waals surface area contributed by atoms with Gasteiger partial charge in [0.25, 0.3) is 0 Å². The van der Waals surface area contributed by atoms with Crippen LogP contribution in [-0.4, -0.2) is 21.0 Å². The highest BCUT2D eigenvalue weighted by Gasteiger charge is 2.16. The predicted molar refractivity (Wildman–Crippen MR) is 86.0 cm³/mol. The predicted octanol–water partition coefficient (Wildman–Crippen LogP) is 4.22. The number of carboxylic acids is 1. The first-order valence-corrected chi connectivity index (χ1v) is 7.04. The normalized spacial score (nSPS) is 11.2. The molecule has 0 unspecified atom stereocenters. The maximum Gasteiger partial charge on any atom is 0.354 e. The third kappa shape index (κ3) is 2.14. The molecule has 5 heteroatoms. The molecule has 0 aliphatic rings. The summed E-state index contributed by atoms with van der Waals surface area (Å²) in [5, 5.41) is 11.0. The second-order valence-corrected chi connectivity index (χ2v) is 5.26. The van der Waals surface area contributed by atoms with Gasteiger partial charge in [-0.25, -0.2) is 14.2 Å². The summed E-state index contributed by atoms with van der Waals surface area (Å²) in [6.45, 7) is 0. The van der Waals surface area contributed by atoms with Gasteiger partial charge < -0.3 is 10.1 Å². The van der Waals surface area contributed by atoms with Crippen LogP contribution < -0.4 is 0 Å². The van der Waals surface area contributed by atoms with Crippen molar-refractivity contribution in [1.82, 2.24) is 9.97 Å². The Labute approximate surface area is 130 Å². The number of rotatable bonds is 2. The summed E-state index contributed by atoms with van der Waals surface area (Å²) in [5.41, 5.74) is 2.47. The fourth-order valence-electron chi connectivity index (χ4n) is 2.80. The van der Waals surface area contributed by atoms with E-state index in [1.807, 2.05) is 24.3 Å². The number of hydrogen-bond acceptors (Lipinski definition) is 2. The summed E-state index contributed by atoms with van der Waals surface area (Å²) in [6.07, 6.45) is 0. The summed E-state index contributed by atoms with van der Waals surface area (Å²) < 4.78 is 13.6. The van der Waals surface area contributed by atoms with Gasteiger partial charge in [-0.05, 0) is 24.3 Å². The SMILES string of the molecule is O=C(O)c1cc2c([nH]c3ccccc32)c(-c2cccc(F)c2)n1. The van der Waals surface area contributed by atoms with Crippen LogP contribution in [0.4, 0.5) is 4.39 Å². The number of aromatic amines is 1. The summed E-state index contributed by atoms with van der Waals surface area (Å²) in [5.74, 6) is -1.51. The van der Waals surface area contributed by atoms with Crippen LogP contribution in [0.25, 0.3) is 33.1 Å². The summed E-state index contributed by atoms with van der Waals surface area (Å²) in [6, 6.07) is 15.1. The Kier molecular flexibility index (Phi) is 2.87. The Hall–Kier alpha value is -3.21. The van der Waals surface area contributed by atoms with Crippen molar-refractivity contribution in [2.45, 2.75) is 0 Å². The molecular formula is C18H11FN2O2. The Morgan fingerprint density at radius 3 is 2.65 bits per heavy atom. The van der Waals surface area contributed by atoms with E-state index in [-0.39, 0.29) is 5.69 Å². The lowest BCUT2D eigenvalue weighted by Gasteiger charge is -2.05. The minimum absolute atomic E-state index is 0.0680. The van der Waals surface area contributed by atoms with E-state index in [0.29, 0.717) is 16.8 Å². The maximum absolute atomic E-state index is 13.6. The van der Waals surface area contributed by atoms with Crippen molar-refractivity contribution in [3.63, 3.8) is 0 Å². The van der Waals surface area contributed by atoms with Crippen molar-refractivity contribution in [3.8, 4) is 11.3 Å². The first-order valence-electron chi connectivity index (χ1n) is 7.04. The van der Waals surface area contributed by atoms with E-state index < -0.39 is 11.8 Å². The average Bonchev–Trinajstić information content (AvgIpc) is 2.92. The highest BCUT2D eigenvalue weighted by molar-refractivity contribution is 6.12. The van der Waals surface area contributed by atoms with Crippen molar-refractivity contribution in [3.05, 3.63) is 66.1 Å². The van der Waals surface area contributed by atoms with E-state index >= 15 is 0 Å². The zero-order valence-electron chi connectivity index (χ0n) is 11.9. The second kappa shape index (κ2) is 4.91. The van der Waals surface area contributed by atoms with E-state index in [2.05, 4.69) is 9.97 Å². The lowest BCUT2D eigenvalue weighted by molar-refractivity contribution is 0.0691. The van der Waals surface area contributed by atoms with Crippen LogP contribution in [0, 0.1) is 5.82 Å². The molecule has 4 aromatic rings. The average molecular weight is 306 g/mol. The monoisotopic (exact) mass is 306 g/mol. The van der Waals surface area contributed by atoms with Gasteiger partial charge in [-0.3, -0.25) is 0 Å². The molecule has 2 N–H and O–H groups in total. The van der Waals surface area contributed by atoms with Crippen molar-refractivity contribution in [2.75, 3.05) is 0 Å². The van der Waals surface area contributed by atoms with Gasteiger partial charge in [0.15, 0.2) is 0 Å². The number of benzene rings is 2. The fourth-order valence-corrected chi connectivity index (χ4v) is 2.80. The zero-order chi connectivity index (χ0) is 16.0. The zero-order valence-corrected chi connectivity index (χ0v) is 11.9. The largest absolute Gasteiger partial charge is 0.477 e. The van der Waals surface area contributed by atoms with Gasteiger partial charge in [0, 0.05) is 21.9 Å². The first kappa shape index (κ1) is 13.5. The highest BCUT2D eigenvalue weighted by Crippen LogP contribution is 2.32. The van der Waals surface area contributed by atoms with Crippen LogP contribution in [-0.2, 0) is 0 Å². The fraction of sp³-hybridized carbons (Fsp3) is 0. The van der Waals surface area contributed by atoms with Crippen LogP contribution >= 0.6 is 0 Å². The molecule has 0 amide bonds. The number of carbonyl (C=O) groups is 1. The minimum atomic E-state index is -1.12. The number of fused-ring (bicyclic) bond motifs is 3. The number of pyridine rings is 1. The second-order valence-electron chi connectivity index (χ2n) is 5.26. The van der Waals surface area contributed by atoms with Gasteiger partial charge in [0.05, 0.1) is 11.2 Å². The Morgan fingerprint density at radius 1 is 1.04 bits per heavy atom. The van der Waals surface area contributed by atoms with Gasteiger partial charge in [-0.15, -0.1) is 0 Å². The molecule has 112 valence electrons. The number of hydrogen-bond donors (Lipinski definition) is 2. The molecule has 0 saturated heterocycles. The molecule has 0 aliphatic heterocycles. The van der Waals surface area contributed by atoms with Crippen LogP contribution in [0.1, 0.15) is 10.5 Å². The number of halogens is 1. The van der Waals surface area contributed by atoms with E-state index in [4.69, 9.17) is 0 Å². The van der Waals surface area contributed by atoms with Crippen LogP contribution in [0.3, 0.4) is 0 Å². The minimum Gasteiger partial charge on any atom is -0.477 e. The van der Waals surface area contributed by atoms with Gasteiger partial charge in [-0.1, -0.05) is 30.3 Å². The molecule has 4 nitrogen and oxygen atoms in total. The number of aromatic nitrogens is 2. The Balaban J connectivity index is 2.15. The molecular weight excluding hydrogens is 295 g/mol. The smallest absolute Gasteiger partial charge is 0.354 e. The first-order chi connectivity index (χ1) is 11.1. The van der Waals surface area contributed by atoms with Crippen molar-refractivity contribution in [1.29, 1.82) is 0 Å². The van der Waals surface area contributed by atoms with E-state index in [1.165, 1.54) is 12.1 Å². The summed E-state index contributed by atoms with van der Waals surface area (Å²) in [7, 11) is 0. The summed E-state index contributed by atoms with van der Waals surface area (Å²) >= 11 is 0. The Morgan fingerprint density at radius 2 is 1.87 bits per heavy atom. The highest BCUT2D eigenvalue weighted by atomic mass is 19.1. The molecule has 2 aromatic heterocycles. The third-order valence-electron chi connectivity index (χ3n) is 3.81. The van der Waals surface area contributed by atoms with Gasteiger partial charge >= 0.3 is 5.97 Å². The molecule has 4 rings (SSSR count). The molecule has 0 spiro atoms. The van der Waals surface area contributed by atoms with Crippen LogP contribution in [0.15, 0.2) is 54.6 Å². The van der Waals surface area contributed by atoms with Crippen molar-refractivity contribution < 1.29 is 14.3 Å². The number of para-hydroxylation sites is 1. The number of nitrogens with one attached hydrogen (secondary N) is 1. The lowest BCUT2D eigenvalue weighted by Crippen LogP contribution is -2.01. The maximum atomic E-state index is 13.6. The van der Waals surface area contributed by atoms with Gasteiger partial charge in [0.2, 0.25) is 0 Å². The molecule has 0 radical (unpaired) electrons. The molecule has 23 heavy (non-hydrogen) atoms. The molecule has 0 aliphatic carbocycles. The quantitative estimate of drug-likeness (QED) is 0.582. The molecule has 0 saturated carbocycles. The van der Waals surface area contributed by atoms with E-state index in [0.717, 1.165) is 16.3 Å². The number of carboxylic acid groups (broad SMARTS) is 1. The van der Waals surface area contributed by atoms with E-state index in [9.17, 15) is 14.3 Å². The lowest BCUT2D eigenvalue weighted by atomic mass is 10.1. The number of H-pyrrole nitrogens is 1. The van der Waals surface area contributed by atoms with Crippen molar-refractivity contribution in [2.24, 2.45) is 0 Å². The molecule has 0 fully saturated rings. The van der Waals surface area contributed by atoms with E-state index in [1.54, 1.807) is 18.2 Å². The molecule has 2 aromatic carbocycles. The van der Waals surface area contributed by atoms with Crippen LogP contribution in [0.5, 0.6) is 0 Å². The number of nitrogens with zero attached hydrogens (tertiary/aromatic N) is 1. The van der Waals surface area contributed by atoms with Crippen LogP contribution in [0.2, 0.25) is 0 Å². The van der Waals surface area contributed by atoms with Crippen molar-refractivity contribution >= 4 is 27.8 Å². The summed E-state index contributed by atoms with van der Waals surface area (Å²) in [4.78, 5) is 18.9. The van der Waals surface area contributed by atoms with Gasteiger partial charge in [0.1, 0.15) is 11.5 Å². The number of aromatic carboxylic acids is 1. The third-order valence-corrected chi connectivity index (χ3v) is 3.81. The molecule has 0 atom stereocenters. The van der Waals surface area contributed by atoms with Gasteiger partial charge in [-0.2, -0.15) is 0 Å².